The minimum atomic E-state index is 0.457. The van der Waals surface area contributed by atoms with Crippen LogP contribution in [0.1, 0.15) is 11.3 Å². The van der Waals surface area contributed by atoms with E-state index in [-0.39, 0.29) is 0 Å². The van der Waals surface area contributed by atoms with Crippen LogP contribution in [-0.4, -0.2) is 19.7 Å². The first kappa shape index (κ1) is 10.9. The summed E-state index contributed by atoms with van der Waals surface area (Å²) in [5.74, 6) is 0.705. The van der Waals surface area contributed by atoms with Crippen molar-refractivity contribution >= 4 is 23.1 Å². The van der Waals surface area contributed by atoms with Gasteiger partial charge in [0, 0.05) is 18.8 Å². The molecule has 0 bridgehead atoms. The van der Waals surface area contributed by atoms with Gasteiger partial charge in [0.25, 0.3) is 0 Å². The Morgan fingerprint density at radius 1 is 1.31 bits per heavy atom. The molecule has 16 heavy (non-hydrogen) atoms. The lowest BCUT2D eigenvalue weighted by molar-refractivity contribution is 0.756. The van der Waals surface area contributed by atoms with Crippen LogP contribution in [0.25, 0.3) is 0 Å². The number of nitrogens with one attached hydrogen (secondary N) is 1. The highest BCUT2D eigenvalue weighted by molar-refractivity contribution is 6.30. The molecule has 0 radical (unpaired) electrons. The van der Waals surface area contributed by atoms with Crippen LogP contribution in [0.3, 0.4) is 0 Å². The van der Waals surface area contributed by atoms with Crippen LogP contribution >= 0.6 is 11.6 Å². The summed E-state index contributed by atoms with van der Waals surface area (Å²) in [5, 5.41) is 7.88. The van der Waals surface area contributed by atoms with E-state index in [4.69, 9.17) is 11.6 Å². The number of nitrogens with zero attached hydrogens (tertiary/aromatic N) is 4. The molecule has 2 aromatic heterocycles. The topological polar surface area (TPSA) is 55.6 Å². The molecule has 2 heterocycles. The third-order valence-electron chi connectivity index (χ3n) is 2.29. The zero-order chi connectivity index (χ0) is 11.7. The molecule has 0 fully saturated rings. The molecule has 2 aromatic rings. The van der Waals surface area contributed by atoms with Crippen LogP contribution in [0.2, 0.25) is 5.15 Å². The summed E-state index contributed by atoms with van der Waals surface area (Å²) in [6, 6.07) is 0. The summed E-state index contributed by atoms with van der Waals surface area (Å²) in [7, 11) is 1.87. The van der Waals surface area contributed by atoms with E-state index in [0.717, 1.165) is 16.9 Å². The van der Waals surface area contributed by atoms with E-state index >= 15 is 0 Å². The Bertz CT molecular complexity index is 520. The Balaban J connectivity index is 2.34. The van der Waals surface area contributed by atoms with Crippen molar-refractivity contribution in [3.05, 3.63) is 28.9 Å². The molecular formula is C10H12ClN5. The fourth-order valence-corrected chi connectivity index (χ4v) is 1.54. The lowest BCUT2D eigenvalue weighted by atomic mass is 10.3. The summed E-state index contributed by atoms with van der Waals surface area (Å²) >= 11 is 5.91. The minimum absolute atomic E-state index is 0.457. The molecule has 0 aliphatic rings. The first-order chi connectivity index (χ1) is 7.58. The van der Waals surface area contributed by atoms with Gasteiger partial charge in [0.2, 0.25) is 0 Å². The van der Waals surface area contributed by atoms with Crippen molar-refractivity contribution < 1.29 is 0 Å². The van der Waals surface area contributed by atoms with Crippen LogP contribution in [-0.2, 0) is 7.05 Å². The average Bonchev–Trinajstić information content (AvgIpc) is 2.53. The van der Waals surface area contributed by atoms with Crippen LogP contribution in [0, 0.1) is 13.8 Å². The monoisotopic (exact) mass is 237 g/mol. The maximum Gasteiger partial charge on any atom is 0.138 e. The Morgan fingerprint density at radius 3 is 2.69 bits per heavy atom. The van der Waals surface area contributed by atoms with Gasteiger partial charge in [-0.1, -0.05) is 11.6 Å². The maximum absolute atomic E-state index is 5.91. The molecule has 0 aliphatic carbocycles. The van der Waals surface area contributed by atoms with Gasteiger partial charge in [0.15, 0.2) is 0 Å². The van der Waals surface area contributed by atoms with E-state index in [2.05, 4.69) is 20.4 Å². The zero-order valence-electron chi connectivity index (χ0n) is 9.32. The van der Waals surface area contributed by atoms with E-state index in [1.165, 1.54) is 6.33 Å². The molecule has 0 amide bonds. The first-order valence-electron chi connectivity index (χ1n) is 4.82. The Labute approximate surface area is 98.5 Å². The van der Waals surface area contributed by atoms with Crippen molar-refractivity contribution in [2.45, 2.75) is 13.8 Å². The van der Waals surface area contributed by atoms with Gasteiger partial charge in [-0.2, -0.15) is 5.10 Å². The van der Waals surface area contributed by atoms with E-state index < -0.39 is 0 Å². The molecule has 0 unspecified atom stereocenters. The highest BCUT2D eigenvalue weighted by Gasteiger charge is 2.08. The van der Waals surface area contributed by atoms with Crippen LogP contribution in [0.15, 0.2) is 12.5 Å². The number of aromatic nitrogens is 4. The van der Waals surface area contributed by atoms with Crippen molar-refractivity contribution in [2.24, 2.45) is 7.05 Å². The van der Waals surface area contributed by atoms with E-state index in [1.807, 2.05) is 27.1 Å². The third-order valence-corrected chi connectivity index (χ3v) is 2.67. The summed E-state index contributed by atoms with van der Waals surface area (Å²) in [6.45, 7) is 3.80. The fourth-order valence-electron chi connectivity index (χ4n) is 1.40. The number of rotatable bonds is 2. The van der Waals surface area contributed by atoms with Gasteiger partial charge in [0.1, 0.15) is 17.3 Å². The number of hydrogen-bond donors (Lipinski definition) is 1. The van der Waals surface area contributed by atoms with Gasteiger partial charge in [0.05, 0.1) is 11.4 Å². The third kappa shape index (κ3) is 1.99. The van der Waals surface area contributed by atoms with Gasteiger partial charge < -0.3 is 5.32 Å². The van der Waals surface area contributed by atoms with Crippen LogP contribution in [0.4, 0.5) is 11.5 Å². The number of aryl methyl sites for hydroxylation is 2. The quantitative estimate of drug-likeness (QED) is 0.814. The smallest absolute Gasteiger partial charge is 0.138 e. The fraction of sp³-hybridized carbons (Fsp3) is 0.300. The maximum atomic E-state index is 5.91. The molecule has 2 rings (SSSR count). The first-order valence-corrected chi connectivity index (χ1v) is 5.20. The second kappa shape index (κ2) is 4.09. The zero-order valence-corrected chi connectivity index (χ0v) is 10.1. The molecule has 0 spiro atoms. The highest BCUT2D eigenvalue weighted by Crippen LogP contribution is 2.23. The van der Waals surface area contributed by atoms with E-state index in [9.17, 15) is 0 Å². The number of anilines is 2. The molecule has 0 atom stereocenters. The van der Waals surface area contributed by atoms with Crippen LogP contribution in [0.5, 0.6) is 0 Å². The summed E-state index contributed by atoms with van der Waals surface area (Å²) in [5.41, 5.74) is 2.66. The molecule has 0 aliphatic heterocycles. The van der Waals surface area contributed by atoms with Crippen molar-refractivity contribution in [3.63, 3.8) is 0 Å². The molecule has 1 N–H and O–H groups in total. The molecule has 84 valence electrons. The lowest BCUT2D eigenvalue weighted by Crippen LogP contribution is -1.98. The largest absolute Gasteiger partial charge is 0.337 e. The highest BCUT2D eigenvalue weighted by atomic mass is 35.5. The predicted octanol–water partition coefficient (Wildman–Crippen LogP) is 2.22. The number of hydrogen-bond acceptors (Lipinski definition) is 4. The summed E-state index contributed by atoms with van der Waals surface area (Å²) in [6.07, 6.45) is 3.33. The van der Waals surface area contributed by atoms with Crippen molar-refractivity contribution in [1.82, 2.24) is 19.7 Å². The average molecular weight is 238 g/mol. The van der Waals surface area contributed by atoms with Gasteiger partial charge in [-0.15, -0.1) is 0 Å². The molecule has 5 nitrogen and oxygen atoms in total. The molecule has 0 aromatic carbocycles. The van der Waals surface area contributed by atoms with Crippen LogP contribution < -0.4 is 5.32 Å². The normalized spacial score (nSPS) is 10.5. The molecule has 0 saturated heterocycles. The molecular weight excluding hydrogens is 226 g/mol. The van der Waals surface area contributed by atoms with Crippen molar-refractivity contribution in [2.75, 3.05) is 5.32 Å². The lowest BCUT2D eigenvalue weighted by Gasteiger charge is -2.07. The van der Waals surface area contributed by atoms with Crippen molar-refractivity contribution in [1.29, 1.82) is 0 Å². The second-order valence-electron chi connectivity index (χ2n) is 3.56. The van der Waals surface area contributed by atoms with Gasteiger partial charge in [-0.3, -0.25) is 4.68 Å². The predicted molar refractivity (Wildman–Crippen MR) is 63.0 cm³/mol. The summed E-state index contributed by atoms with van der Waals surface area (Å²) < 4.78 is 1.75. The van der Waals surface area contributed by atoms with Gasteiger partial charge in [-0.05, 0) is 13.8 Å². The molecule has 6 heteroatoms. The molecule has 0 saturated carbocycles. The number of halogens is 1. The van der Waals surface area contributed by atoms with E-state index in [1.54, 1.807) is 4.68 Å². The van der Waals surface area contributed by atoms with Gasteiger partial charge >= 0.3 is 0 Å². The Kier molecular flexibility index (Phi) is 2.78. The standard InChI is InChI=1S/C10H12ClN5/c1-6-9(11)12-5-13-10(6)14-8-4-16(3)15-7(8)2/h4-5H,1-3H3,(H,12,13,14). The Morgan fingerprint density at radius 2 is 2.06 bits per heavy atom. The summed E-state index contributed by atoms with van der Waals surface area (Å²) in [4.78, 5) is 8.04. The minimum Gasteiger partial charge on any atom is -0.337 e. The van der Waals surface area contributed by atoms with Crippen molar-refractivity contribution in [3.8, 4) is 0 Å². The SMILES string of the molecule is Cc1nn(C)cc1Nc1ncnc(Cl)c1C. The van der Waals surface area contributed by atoms with Gasteiger partial charge in [-0.25, -0.2) is 9.97 Å². The van der Waals surface area contributed by atoms with E-state index in [0.29, 0.717) is 11.0 Å². The Hall–Kier alpha value is -1.62. The second-order valence-corrected chi connectivity index (χ2v) is 3.92.